The third-order valence-electron chi connectivity index (χ3n) is 7.10. The van der Waals surface area contributed by atoms with Crippen molar-refractivity contribution in [3.8, 4) is 5.75 Å². The number of ether oxygens (including phenoxy) is 1. The van der Waals surface area contributed by atoms with Crippen molar-refractivity contribution in [1.82, 2.24) is 9.80 Å². The van der Waals surface area contributed by atoms with Gasteiger partial charge in [-0.3, -0.25) is 9.69 Å². The number of carbonyl (C=O) groups is 1. The van der Waals surface area contributed by atoms with E-state index >= 15 is 0 Å². The summed E-state index contributed by atoms with van der Waals surface area (Å²) in [5, 5.41) is 0. The summed E-state index contributed by atoms with van der Waals surface area (Å²) in [6, 6.07) is 17.3. The number of amides is 1. The third-order valence-corrected chi connectivity index (χ3v) is 7.10. The fourth-order valence-corrected chi connectivity index (χ4v) is 5.66. The lowest BCUT2D eigenvalue weighted by atomic mass is 9.75. The maximum absolute atomic E-state index is 13.5. The van der Waals surface area contributed by atoms with E-state index in [0.717, 1.165) is 17.9 Å². The number of hydrogen-bond donors (Lipinski definition) is 0. The largest absolute Gasteiger partial charge is 0.497 e. The van der Waals surface area contributed by atoms with Crippen LogP contribution in [0.15, 0.2) is 48.5 Å². The Morgan fingerprint density at radius 1 is 0.964 bits per heavy atom. The smallest absolute Gasteiger partial charge is 0.254 e. The van der Waals surface area contributed by atoms with E-state index < -0.39 is 0 Å². The second-order valence-electron chi connectivity index (χ2n) is 8.56. The predicted octanol–water partition coefficient (Wildman–Crippen LogP) is 3.71. The fraction of sp³-hybridized carbons (Fsp3) is 0.458. The summed E-state index contributed by atoms with van der Waals surface area (Å²) in [5.74, 6) is 2.08. The minimum atomic E-state index is 0.194. The van der Waals surface area contributed by atoms with Crippen LogP contribution in [0, 0.1) is 12.8 Å². The van der Waals surface area contributed by atoms with Crippen LogP contribution >= 0.6 is 0 Å². The maximum atomic E-state index is 13.5. The summed E-state index contributed by atoms with van der Waals surface area (Å²) < 4.78 is 5.34. The summed E-state index contributed by atoms with van der Waals surface area (Å²) in [7, 11) is 1.70. The summed E-state index contributed by atoms with van der Waals surface area (Å²) in [5.41, 5.74) is 3.33. The van der Waals surface area contributed by atoms with E-state index in [0.29, 0.717) is 23.9 Å². The molecule has 4 fully saturated rings. The van der Waals surface area contributed by atoms with Gasteiger partial charge in [0.15, 0.2) is 0 Å². The zero-order chi connectivity index (χ0) is 19.3. The molecule has 2 aromatic rings. The molecule has 0 unspecified atom stereocenters. The lowest BCUT2D eigenvalue weighted by molar-refractivity contribution is -0.00340. The van der Waals surface area contributed by atoms with Crippen molar-refractivity contribution in [3.63, 3.8) is 0 Å². The standard InChI is InChI=1S/C24H28N2O2/c1-16-3-5-19(6-4-16)24(27)26-15-21(17-7-9-20(28-2)10-8-17)23-22(26)18-11-13-25(23)14-12-18/h3-10,18,21-23H,11-15H2,1-2H3/t21-,22+,23+/m1/s1. The quantitative estimate of drug-likeness (QED) is 0.819. The number of aryl methyl sites for hydroxylation is 1. The Kier molecular flexibility index (Phi) is 4.39. The number of carbonyl (C=O) groups excluding carboxylic acids is 1. The Bertz CT molecular complexity index is 853. The van der Waals surface area contributed by atoms with Crippen LogP contribution in [0.2, 0.25) is 0 Å². The summed E-state index contributed by atoms with van der Waals surface area (Å²) in [6.07, 6.45) is 2.43. The van der Waals surface area contributed by atoms with Crippen molar-refractivity contribution in [2.24, 2.45) is 5.92 Å². The van der Waals surface area contributed by atoms with Gasteiger partial charge in [0.25, 0.3) is 5.91 Å². The molecule has 6 rings (SSSR count). The number of likely N-dealkylation sites (tertiary alicyclic amines) is 1. The molecule has 3 atom stereocenters. The number of piperidine rings is 3. The molecule has 28 heavy (non-hydrogen) atoms. The summed E-state index contributed by atoms with van der Waals surface area (Å²) >= 11 is 0. The predicted molar refractivity (Wildman–Crippen MR) is 110 cm³/mol. The van der Waals surface area contributed by atoms with Crippen LogP contribution in [-0.4, -0.2) is 54.5 Å². The maximum Gasteiger partial charge on any atom is 0.254 e. The highest BCUT2D eigenvalue weighted by atomic mass is 16.5. The molecule has 4 nitrogen and oxygen atoms in total. The average Bonchev–Trinajstić information content (AvgIpc) is 3.17. The monoisotopic (exact) mass is 376 g/mol. The van der Waals surface area contributed by atoms with Crippen LogP contribution in [0.4, 0.5) is 0 Å². The van der Waals surface area contributed by atoms with Gasteiger partial charge in [0.2, 0.25) is 0 Å². The molecular weight excluding hydrogens is 348 g/mol. The van der Waals surface area contributed by atoms with E-state index in [-0.39, 0.29) is 5.91 Å². The first kappa shape index (κ1) is 17.7. The number of fused-ring (bicyclic) bond motifs is 2. The summed E-state index contributed by atoms with van der Waals surface area (Å²) in [4.78, 5) is 18.3. The topological polar surface area (TPSA) is 32.8 Å². The van der Waals surface area contributed by atoms with Gasteiger partial charge >= 0.3 is 0 Å². The minimum Gasteiger partial charge on any atom is -0.497 e. The molecule has 4 aliphatic heterocycles. The Morgan fingerprint density at radius 2 is 1.64 bits per heavy atom. The van der Waals surface area contributed by atoms with Crippen molar-refractivity contribution in [2.45, 2.75) is 37.8 Å². The number of nitrogens with zero attached hydrogens (tertiary/aromatic N) is 2. The zero-order valence-electron chi connectivity index (χ0n) is 16.7. The number of methoxy groups -OCH3 is 1. The van der Waals surface area contributed by atoms with E-state index in [1.165, 1.54) is 37.1 Å². The average molecular weight is 377 g/mol. The van der Waals surface area contributed by atoms with E-state index in [1.807, 2.05) is 36.4 Å². The van der Waals surface area contributed by atoms with Crippen LogP contribution in [-0.2, 0) is 0 Å². The second-order valence-corrected chi connectivity index (χ2v) is 8.56. The molecule has 4 aliphatic rings. The lowest BCUT2D eigenvalue weighted by Crippen LogP contribution is -2.60. The van der Waals surface area contributed by atoms with E-state index in [1.54, 1.807) is 7.11 Å². The normalized spacial score (nSPS) is 30.9. The molecule has 0 spiro atoms. The van der Waals surface area contributed by atoms with Crippen molar-refractivity contribution in [3.05, 3.63) is 65.2 Å². The van der Waals surface area contributed by atoms with Gasteiger partial charge in [-0.25, -0.2) is 0 Å². The first-order chi connectivity index (χ1) is 13.7. The Morgan fingerprint density at radius 3 is 2.29 bits per heavy atom. The van der Waals surface area contributed by atoms with Crippen LogP contribution in [0.5, 0.6) is 5.75 Å². The van der Waals surface area contributed by atoms with Crippen LogP contribution in [0.1, 0.15) is 40.2 Å². The number of rotatable bonds is 3. The highest BCUT2D eigenvalue weighted by Gasteiger charge is 2.54. The second kappa shape index (κ2) is 6.93. The molecule has 0 N–H and O–H groups in total. The molecular formula is C24H28N2O2. The number of benzene rings is 2. The SMILES string of the molecule is COc1ccc([C@H]2CN(C(=O)c3ccc(C)cc3)[C@H]3C4CCN(CC4)[C@@H]23)cc1. The number of hydrogen-bond acceptors (Lipinski definition) is 3. The van der Waals surface area contributed by atoms with Crippen molar-refractivity contribution in [1.29, 1.82) is 0 Å². The van der Waals surface area contributed by atoms with Gasteiger partial charge in [0, 0.05) is 24.1 Å². The van der Waals surface area contributed by atoms with Gasteiger partial charge < -0.3 is 9.64 Å². The van der Waals surface area contributed by atoms with E-state index in [9.17, 15) is 4.79 Å². The molecule has 2 bridgehead atoms. The first-order valence-electron chi connectivity index (χ1n) is 10.4. The zero-order valence-corrected chi connectivity index (χ0v) is 16.7. The Balaban J connectivity index is 1.49. The van der Waals surface area contributed by atoms with Gasteiger partial charge in [-0.1, -0.05) is 29.8 Å². The third kappa shape index (κ3) is 2.82. The Hall–Kier alpha value is -2.33. The van der Waals surface area contributed by atoms with Crippen LogP contribution in [0.25, 0.3) is 0 Å². The molecule has 0 saturated carbocycles. The van der Waals surface area contributed by atoms with Crippen molar-refractivity contribution in [2.75, 3.05) is 26.7 Å². The summed E-state index contributed by atoms with van der Waals surface area (Å²) in [6.45, 7) is 5.21. The van der Waals surface area contributed by atoms with Gasteiger partial charge in [-0.2, -0.15) is 0 Å². The van der Waals surface area contributed by atoms with Gasteiger partial charge in [0.1, 0.15) is 5.75 Å². The molecule has 4 saturated heterocycles. The molecule has 1 amide bonds. The van der Waals surface area contributed by atoms with Crippen molar-refractivity contribution < 1.29 is 9.53 Å². The Labute approximate surface area is 167 Å². The van der Waals surface area contributed by atoms with Gasteiger partial charge in [-0.05, 0) is 68.6 Å². The highest BCUT2D eigenvalue weighted by Crippen LogP contribution is 2.47. The molecule has 0 radical (unpaired) electrons. The molecule has 2 aromatic carbocycles. The highest BCUT2D eigenvalue weighted by molar-refractivity contribution is 5.95. The van der Waals surface area contributed by atoms with Gasteiger partial charge in [-0.15, -0.1) is 0 Å². The van der Waals surface area contributed by atoms with Gasteiger partial charge in [0.05, 0.1) is 13.2 Å². The molecule has 0 aromatic heterocycles. The van der Waals surface area contributed by atoms with Crippen molar-refractivity contribution >= 4 is 5.91 Å². The lowest BCUT2D eigenvalue weighted by Gasteiger charge is -2.51. The molecule has 146 valence electrons. The van der Waals surface area contributed by atoms with Crippen LogP contribution in [0.3, 0.4) is 0 Å². The van der Waals surface area contributed by atoms with E-state index in [4.69, 9.17) is 4.74 Å². The fourth-order valence-electron chi connectivity index (χ4n) is 5.66. The van der Waals surface area contributed by atoms with Crippen LogP contribution < -0.4 is 4.74 Å². The molecule has 4 heterocycles. The minimum absolute atomic E-state index is 0.194. The van der Waals surface area contributed by atoms with E-state index in [2.05, 4.69) is 28.9 Å². The molecule has 4 heteroatoms. The molecule has 0 aliphatic carbocycles. The first-order valence-corrected chi connectivity index (χ1v) is 10.4.